The van der Waals surface area contributed by atoms with Gasteiger partial charge in [-0.1, -0.05) is 17.7 Å². The van der Waals surface area contributed by atoms with E-state index in [4.69, 9.17) is 11.6 Å². The van der Waals surface area contributed by atoms with Gasteiger partial charge in [-0.3, -0.25) is 14.8 Å². The van der Waals surface area contributed by atoms with Crippen molar-refractivity contribution in [3.63, 3.8) is 0 Å². The average Bonchev–Trinajstić information content (AvgIpc) is 2.78. The number of nitro benzene ring substituents is 1. The topological polar surface area (TPSA) is 89.3 Å². The van der Waals surface area contributed by atoms with Crippen molar-refractivity contribution in [2.45, 2.75) is 11.1 Å². The number of sulfonamides is 1. The van der Waals surface area contributed by atoms with Crippen LogP contribution in [0, 0.1) is 17.0 Å². The normalized spacial score (nSPS) is 11.3. The van der Waals surface area contributed by atoms with Crippen LogP contribution in [0.25, 0.3) is 0 Å². The number of rotatable bonds is 4. The number of anilines is 1. The molecule has 0 aliphatic carbocycles. The molecule has 0 spiro atoms. The molecule has 0 saturated heterocycles. The van der Waals surface area contributed by atoms with Gasteiger partial charge in [-0.25, -0.2) is 8.42 Å². The summed E-state index contributed by atoms with van der Waals surface area (Å²) in [6.07, 6.45) is 0. The van der Waals surface area contributed by atoms with Gasteiger partial charge in [-0.05, 0) is 25.1 Å². The number of benzene rings is 1. The SMILES string of the molecule is Cc1ccc(NS(=O)(=O)c2ccc(Cl)s2)cc1[N+](=O)[O-]. The van der Waals surface area contributed by atoms with Crippen LogP contribution in [0.1, 0.15) is 5.56 Å². The maximum Gasteiger partial charge on any atom is 0.274 e. The summed E-state index contributed by atoms with van der Waals surface area (Å²) in [6, 6.07) is 6.98. The Kier molecular flexibility index (Phi) is 3.98. The Morgan fingerprint density at radius 1 is 1.30 bits per heavy atom. The number of nitro groups is 1. The molecule has 1 N–H and O–H groups in total. The van der Waals surface area contributed by atoms with Crippen LogP contribution in [-0.4, -0.2) is 13.3 Å². The predicted molar refractivity (Wildman–Crippen MR) is 78.0 cm³/mol. The van der Waals surface area contributed by atoms with Gasteiger partial charge in [0.05, 0.1) is 14.9 Å². The Labute approximate surface area is 124 Å². The highest BCUT2D eigenvalue weighted by Gasteiger charge is 2.19. The highest BCUT2D eigenvalue weighted by molar-refractivity contribution is 7.94. The predicted octanol–water partition coefficient (Wildman–Crippen LogP) is 3.42. The van der Waals surface area contributed by atoms with Crippen LogP contribution in [0.5, 0.6) is 0 Å². The van der Waals surface area contributed by atoms with Gasteiger partial charge in [-0.2, -0.15) is 0 Å². The van der Waals surface area contributed by atoms with Gasteiger partial charge in [0, 0.05) is 11.6 Å². The summed E-state index contributed by atoms with van der Waals surface area (Å²) in [5.74, 6) is 0. The summed E-state index contributed by atoms with van der Waals surface area (Å²) in [5, 5.41) is 10.8. The van der Waals surface area contributed by atoms with Crippen LogP contribution in [-0.2, 0) is 10.0 Å². The summed E-state index contributed by atoms with van der Waals surface area (Å²) in [4.78, 5) is 10.3. The fourth-order valence-electron chi connectivity index (χ4n) is 1.52. The molecule has 1 aromatic carbocycles. The quantitative estimate of drug-likeness (QED) is 0.686. The second-order valence-electron chi connectivity index (χ2n) is 3.92. The van der Waals surface area contributed by atoms with Crippen LogP contribution in [0.15, 0.2) is 34.5 Å². The third kappa shape index (κ3) is 3.09. The zero-order valence-corrected chi connectivity index (χ0v) is 12.6. The molecule has 1 heterocycles. The number of hydrogen-bond acceptors (Lipinski definition) is 5. The van der Waals surface area contributed by atoms with Crippen molar-refractivity contribution in [2.75, 3.05) is 4.72 Å². The van der Waals surface area contributed by atoms with Crippen molar-refractivity contribution in [3.8, 4) is 0 Å². The van der Waals surface area contributed by atoms with Gasteiger partial charge in [0.15, 0.2) is 0 Å². The van der Waals surface area contributed by atoms with E-state index in [9.17, 15) is 18.5 Å². The molecule has 2 aromatic rings. The lowest BCUT2D eigenvalue weighted by molar-refractivity contribution is -0.385. The van der Waals surface area contributed by atoms with Gasteiger partial charge < -0.3 is 0 Å². The zero-order chi connectivity index (χ0) is 14.9. The lowest BCUT2D eigenvalue weighted by Gasteiger charge is -2.06. The van der Waals surface area contributed by atoms with Gasteiger partial charge >= 0.3 is 0 Å². The second-order valence-corrected chi connectivity index (χ2v) is 7.55. The van der Waals surface area contributed by atoms with E-state index in [0.29, 0.717) is 9.90 Å². The smallest absolute Gasteiger partial charge is 0.274 e. The molecule has 0 saturated carbocycles. The number of thiophene rings is 1. The fraction of sp³-hybridized carbons (Fsp3) is 0.0909. The Bertz CT molecular complexity index is 770. The third-order valence-corrected chi connectivity index (χ3v) is 5.58. The molecule has 1 aromatic heterocycles. The molecule has 6 nitrogen and oxygen atoms in total. The highest BCUT2D eigenvalue weighted by atomic mass is 35.5. The van der Waals surface area contributed by atoms with Gasteiger partial charge in [-0.15, -0.1) is 11.3 Å². The Morgan fingerprint density at radius 2 is 2.00 bits per heavy atom. The van der Waals surface area contributed by atoms with E-state index in [2.05, 4.69) is 4.72 Å². The van der Waals surface area contributed by atoms with Gasteiger partial charge in [0.25, 0.3) is 15.7 Å². The van der Waals surface area contributed by atoms with Crippen molar-refractivity contribution >= 4 is 44.3 Å². The van der Waals surface area contributed by atoms with Crippen LogP contribution < -0.4 is 4.72 Å². The molecule has 0 bridgehead atoms. The number of nitrogens with one attached hydrogen (secondary N) is 1. The van der Waals surface area contributed by atoms with Gasteiger partial charge in [0.1, 0.15) is 4.21 Å². The standard InChI is InChI=1S/C11H9ClN2O4S2/c1-7-2-3-8(6-9(7)14(15)16)13-20(17,18)11-5-4-10(12)19-11/h2-6,13H,1H3. The fourth-order valence-corrected chi connectivity index (χ4v) is 4.05. The Morgan fingerprint density at radius 3 is 2.55 bits per heavy atom. The van der Waals surface area contributed by atoms with Gasteiger partial charge in [0.2, 0.25) is 0 Å². The van der Waals surface area contributed by atoms with Crippen molar-refractivity contribution in [1.82, 2.24) is 0 Å². The number of aryl methyl sites for hydroxylation is 1. The maximum absolute atomic E-state index is 12.1. The first kappa shape index (κ1) is 14.8. The van der Waals surface area contributed by atoms with Crippen molar-refractivity contribution in [3.05, 3.63) is 50.3 Å². The highest BCUT2D eigenvalue weighted by Crippen LogP contribution is 2.28. The zero-order valence-electron chi connectivity index (χ0n) is 10.2. The monoisotopic (exact) mass is 332 g/mol. The maximum atomic E-state index is 12.1. The van der Waals surface area contributed by atoms with Crippen molar-refractivity contribution < 1.29 is 13.3 Å². The average molecular weight is 333 g/mol. The molecule has 0 aliphatic heterocycles. The third-order valence-electron chi connectivity index (χ3n) is 2.47. The summed E-state index contributed by atoms with van der Waals surface area (Å²) in [5.41, 5.74) is 0.443. The first-order chi connectivity index (χ1) is 9.29. The minimum atomic E-state index is -3.79. The minimum Gasteiger partial charge on any atom is -0.279 e. The molecule has 20 heavy (non-hydrogen) atoms. The molecule has 106 valence electrons. The Hall–Kier alpha value is -1.64. The summed E-state index contributed by atoms with van der Waals surface area (Å²) in [6.45, 7) is 1.58. The lowest BCUT2D eigenvalue weighted by Crippen LogP contribution is -2.11. The van der Waals surface area contributed by atoms with E-state index in [1.165, 1.54) is 30.3 Å². The summed E-state index contributed by atoms with van der Waals surface area (Å²) < 4.78 is 26.8. The van der Waals surface area contributed by atoms with E-state index in [1.54, 1.807) is 6.92 Å². The van der Waals surface area contributed by atoms with Crippen LogP contribution in [0.4, 0.5) is 11.4 Å². The van der Waals surface area contributed by atoms with E-state index < -0.39 is 14.9 Å². The van der Waals surface area contributed by atoms with E-state index in [0.717, 1.165) is 11.3 Å². The first-order valence-electron chi connectivity index (χ1n) is 5.33. The molecule has 0 aliphatic rings. The van der Waals surface area contributed by atoms with Crippen LogP contribution in [0.3, 0.4) is 0 Å². The van der Waals surface area contributed by atoms with E-state index in [-0.39, 0.29) is 15.6 Å². The molecule has 0 unspecified atom stereocenters. The second kappa shape index (κ2) is 5.39. The minimum absolute atomic E-state index is 0.0470. The van der Waals surface area contributed by atoms with Crippen molar-refractivity contribution in [2.24, 2.45) is 0 Å². The van der Waals surface area contributed by atoms with Crippen molar-refractivity contribution in [1.29, 1.82) is 0 Å². The number of hydrogen-bond donors (Lipinski definition) is 1. The largest absolute Gasteiger partial charge is 0.279 e. The molecule has 0 fully saturated rings. The van der Waals surface area contributed by atoms with Crippen LogP contribution in [0.2, 0.25) is 4.34 Å². The molecule has 2 rings (SSSR count). The Balaban J connectivity index is 2.35. The molecule has 9 heteroatoms. The van der Waals surface area contributed by atoms with E-state index >= 15 is 0 Å². The summed E-state index contributed by atoms with van der Waals surface area (Å²) >= 11 is 6.60. The van der Waals surface area contributed by atoms with Crippen LogP contribution >= 0.6 is 22.9 Å². The number of nitrogens with zero attached hydrogens (tertiary/aromatic N) is 1. The van der Waals surface area contributed by atoms with E-state index in [1.807, 2.05) is 0 Å². The first-order valence-corrected chi connectivity index (χ1v) is 8.00. The molecule has 0 atom stereocenters. The number of halogens is 1. The molecular formula is C11H9ClN2O4S2. The lowest BCUT2D eigenvalue weighted by atomic mass is 10.2. The molecule has 0 radical (unpaired) electrons. The summed E-state index contributed by atoms with van der Waals surface area (Å²) in [7, 11) is -3.79. The molecular weight excluding hydrogens is 324 g/mol. The molecule has 0 amide bonds.